The first-order chi connectivity index (χ1) is 9.24. The van der Waals surface area contributed by atoms with Crippen molar-refractivity contribution < 1.29 is 9.47 Å². The number of nitrogens with zero attached hydrogens (tertiary/aromatic N) is 1. The summed E-state index contributed by atoms with van der Waals surface area (Å²) >= 11 is 1.79. The highest BCUT2D eigenvalue weighted by Crippen LogP contribution is 2.37. The largest absolute Gasteiger partial charge is 0.454 e. The molecule has 2 aliphatic rings. The van der Waals surface area contributed by atoms with Crippen molar-refractivity contribution >= 4 is 22.6 Å². The molecular weight excluding hydrogens is 260 g/mol. The molecule has 1 N–H and O–H groups in total. The molecule has 0 atom stereocenters. The van der Waals surface area contributed by atoms with Gasteiger partial charge in [-0.15, -0.1) is 0 Å². The highest BCUT2D eigenvalue weighted by Gasteiger charge is 2.32. The minimum absolute atomic E-state index is 0.114. The van der Waals surface area contributed by atoms with Crippen molar-refractivity contribution in [2.24, 2.45) is 4.99 Å². The van der Waals surface area contributed by atoms with Crippen LogP contribution in [0.3, 0.4) is 0 Å². The summed E-state index contributed by atoms with van der Waals surface area (Å²) in [7, 11) is 0. The molecule has 0 radical (unpaired) electrons. The topological polar surface area (TPSA) is 42.8 Å². The lowest BCUT2D eigenvalue weighted by atomic mass is 9.97. The predicted octanol–water partition coefficient (Wildman–Crippen LogP) is 3.49. The number of benzene rings is 1. The van der Waals surface area contributed by atoms with E-state index < -0.39 is 0 Å². The van der Waals surface area contributed by atoms with Gasteiger partial charge < -0.3 is 14.8 Å². The van der Waals surface area contributed by atoms with Crippen LogP contribution >= 0.6 is 11.8 Å². The first kappa shape index (κ1) is 12.7. The standard InChI is InChI=1S/C14H18N2O2S/c1-3-14(4-2)8-19-13(16-14)15-10-5-6-11-12(7-10)18-9-17-11/h5-7H,3-4,8-9H2,1-2H3,(H,15,16). The van der Waals surface area contributed by atoms with Crippen molar-refractivity contribution in [3.05, 3.63) is 18.2 Å². The molecule has 2 heterocycles. The van der Waals surface area contributed by atoms with E-state index in [-0.39, 0.29) is 5.54 Å². The maximum absolute atomic E-state index is 5.38. The van der Waals surface area contributed by atoms with E-state index in [1.54, 1.807) is 11.8 Å². The molecule has 5 heteroatoms. The summed E-state index contributed by atoms with van der Waals surface area (Å²) in [5, 5.41) is 4.37. The lowest BCUT2D eigenvalue weighted by Crippen LogP contribution is -2.24. The number of ether oxygens (including phenoxy) is 2. The summed E-state index contributed by atoms with van der Waals surface area (Å²) < 4.78 is 10.7. The second kappa shape index (κ2) is 4.96. The molecular formula is C14H18N2O2S. The van der Waals surface area contributed by atoms with E-state index in [0.29, 0.717) is 6.79 Å². The summed E-state index contributed by atoms with van der Waals surface area (Å²) in [6.45, 7) is 4.72. The number of amidine groups is 1. The van der Waals surface area contributed by atoms with Gasteiger partial charge >= 0.3 is 0 Å². The van der Waals surface area contributed by atoms with Crippen molar-refractivity contribution in [2.75, 3.05) is 17.9 Å². The van der Waals surface area contributed by atoms with Crippen LogP contribution in [0.25, 0.3) is 0 Å². The minimum Gasteiger partial charge on any atom is -0.454 e. The summed E-state index contributed by atoms with van der Waals surface area (Å²) in [5.41, 5.74) is 1.11. The smallest absolute Gasteiger partial charge is 0.231 e. The third-order valence-corrected chi connectivity index (χ3v) is 4.90. The number of hydrogen-bond acceptors (Lipinski definition) is 5. The Balaban J connectivity index is 1.76. The number of fused-ring (bicyclic) bond motifs is 1. The zero-order chi connectivity index (χ0) is 13.3. The minimum atomic E-state index is 0.114. The lowest BCUT2D eigenvalue weighted by Gasteiger charge is -2.20. The van der Waals surface area contributed by atoms with Gasteiger partial charge in [-0.3, -0.25) is 4.99 Å². The van der Waals surface area contributed by atoms with Crippen LogP contribution in [-0.4, -0.2) is 23.3 Å². The molecule has 1 aromatic carbocycles. The Hall–Kier alpha value is -1.36. The van der Waals surface area contributed by atoms with E-state index in [4.69, 9.17) is 14.5 Å². The molecule has 0 fully saturated rings. The summed E-state index contributed by atoms with van der Waals surface area (Å²) in [5.74, 6) is 2.67. The first-order valence-corrected chi connectivity index (χ1v) is 7.62. The Kier molecular flexibility index (Phi) is 3.31. The maximum atomic E-state index is 5.38. The van der Waals surface area contributed by atoms with E-state index in [9.17, 15) is 0 Å². The Morgan fingerprint density at radius 2 is 2.05 bits per heavy atom. The van der Waals surface area contributed by atoms with Gasteiger partial charge in [0.2, 0.25) is 6.79 Å². The highest BCUT2D eigenvalue weighted by molar-refractivity contribution is 8.14. The van der Waals surface area contributed by atoms with Crippen LogP contribution in [0, 0.1) is 0 Å². The molecule has 1 aromatic rings. The fraction of sp³-hybridized carbons (Fsp3) is 0.500. The van der Waals surface area contributed by atoms with Gasteiger partial charge in [-0.1, -0.05) is 25.6 Å². The fourth-order valence-corrected chi connectivity index (χ4v) is 3.58. The van der Waals surface area contributed by atoms with Gasteiger partial charge in [-0.25, -0.2) is 0 Å². The Bertz CT molecular complexity index is 512. The molecule has 0 aromatic heterocycles. The molecule has 2 aliphatic heterocycles. The molecule has 0 amide bonds. The fourth-order valence-electron chi connectivity index (χ4n) is 2.26. The molecule has 0 saturated carbocycles. The molecule has 4 nitrogen and oxygen atoms in total. The van der Waals surface area contributed by atoms with Crippen LogP contribution in [0.5, 0.6) is 11.5 Å². The van der Waals surface area contributed by atoms with Crippen LogP contribution in [0.15, 0.2) is 23.2 Å². The summed E-state index contributed by atoms with van der Waals surface area (Å²) in [6, 6.07) is 5.88. The average Bonchev–Trinajstić information content (AvgIpc) is 3.05. The van der Waals surface area contributed by atoms with Crippen molar-refractivity contribution in [1.29, 1.82) is 0 Å². The van der Waals surface area contributed by atoms with Crippen molar-refractivity contribution in [1.82, 2.24) is 0 Å². The summed E-state index contributed by atoms with van der Waals surface area (Å²) in [4.78, 5) is 4.84. The van der Waals surface area contributed by atoms with Gasteiger partial charge in [0.25, 0.3) is 0 Å². The molecule has 0 unspecified atom stereocenters. The third kappa shape index (κ3) is 2.39. The monoisotopic (exact) mass is 278 g/mol. The van der Waals surface area contributed by atoms with Gasteiger partial charge in [0.05, 0.1) is 5.54 Å². The number of aliphatic imine (C=N–C) groups is 1. The van der Waals surface area contributed by atoms with E-state index >= 15 is 0 Å². The number of hydrogen-bond donors (Lipinski definition) is 1. The van der Waals surface area contributed by atoms with Crippen LogP contribution in [0.1, 0.15) is 26.7 Å². The predicted molar refractivity (Wildman–Crippen MR) is 79.4 cm³/mol. The second-order valence-electron chi connectivity index (χ2n) is 4.83. The SMILES string of the molecule is CCC1(CC)CSC(Nc2ccc3c(c2)OCO3)=N1. The van der Waals surface area contributed by atoms with Gasteiger partial charge in [0.15, 0.2) is 16.7 Å². The van der Waals surface area contributed by atoms with E-state index in [0.717, 1.165) is 40.9 Å². The lowest BCUT2D eigenvalue weighted by molar-refractivity contribution is 0.174. The maximum Gasteiger partial charge on any atom is 0.231 e. The Morgan fingerprint density at radius 3 is 2.79 bits per heavy atom. The number of anilines is 1. The number of rotatable bonds is 3. The van der Waals surface area contributed by atoms with Crippen molar-refractivity contribution in [3.8, 4) is 11.5 Å². The van der Waals surface area contributed by atoms with Crippen LogP contribution in [-0.2, 0) is 0 Å². The third-order valence-electron chi connectivity index (χ3n) is 3.76. The second-order valence-corrected chi connectivity index (χ2v) is 5.79. The average molecular weight is 278 g/mol. The molecule has 3 rings (SSSR count). The highest BCUT2D eigenvalue weighted by atomic mass is 32.2. The molecule has 102 valence electrons. The molecule has 0 spiro atoms. The molecule has 0 bridgehead atoms. The van der Waals surface area contributed by atoms with Gasteiger partial charge in [0, 0.05) is 17.5 Å². The quantitative estimate of drug-likeness (QED) is 0.919. The zero-order valence-electron chi connectivity index (χ0n) is 11.2. The van der Waals surface area contributed by atoms with Crippen molar-refractivity contribution in [2.45, 2.75) is 32.2 Å². The molecule has 0 saturated heterocycles. The van der Waals surface area contributed by atoms with Crippen LogP contribution in [0.4, 0.5) is 5.69 Å². The van der Waals surface area contributed by atoms with Gasteiger partial charge in [-0.2, -0.15) is 0 Å². The summed E-state index contributed by atoms with van der Waals surface area (Å²) in [6.07, 6.45) is 2.17. The van der Waals surface area contributed by atoms with E-state index in [1.165, 1.54) is 0 Å². The van der Waals surface area contributed by atoms with Crippen LogP contribution < -0.4 is 14.8 Å². The van der Waals surface area contributed by atoms with Crippen LogP contribution in [0.2, 0.25) is 0 Å². The van der Waals surface area contributed by atoms with E-state index in [2.05, 4.69) is 19.2 Å². The first-order valence-electron chi connectivity index (χ1n) is 6.64. The number of thioether (sulfide) groups is 1. The van der Waals surface area contributed by atoms with E-state index in [1.807, 2.05) is 18.2 Å². The zero-order valence-corrected chi connectivity index (χ0v) is 12.0. The Labute approximate surface area is 117 Å². The number of nitrogens with one attached hydrogen (secondary N) is 1. The normalized spacial score (nSPS) is 19.4. The van der Waals surface area contributed by atoms with Crippen molar-refractivity contribution in [3.63, 3.8) is 0 Å². The molecule has 19 heavy (non-hydrogen) atoms. The molecule has 0 aliphatic carbocycles. The Morgan fingerprint density at radius 1 is 1.26 bits per heavy atom. The van der Waals surface area contributed by atoms with Gasteiger partial charge in [-0.05, 0) is 25.0 Å². The van der Waals surface area contributed by atoms with Gasteiger partial charge in [0.1, 0.15) is 0 Å².